The summed E-state index contributed by atoms with van der Waals surface area (Å²) in [5.41, 5.74) is 3.25. The molecule has 4 aliphatic carbocycles. The van der Waals surface area contributed by atoms with Gasteiger partial charge in [0, 0.05) is 12.1 Å². The highest BCUT2D eigenvalue weighted by Crippen LogP contribution is 2.42. The highest BCUT2D eigenvalue weighted by atomic mass is 35.5. The zero-order valence-corrected chi connectivity index (χ0v) is 25.6. The van der Waals surface area contributed by atoms with Crippen LogP contribution in [0, 0.1) is 47.3 Å². The fourth-order valence-corrected chi connectivity index (χ4v) is 8.87. The molecule has 1 amide bonds. The van der Waals surface area contributed by atoms with Gasteiger partial charge in [0.1, 0.15) is 0 Å². The Morgan fingerprint density at radius 2 is 1.38 bits per heavy atom. The molecule has 12 atom stereocenters. The lowest BCUT2D eigenvalue weighted by Gasteiger charge is -2.42. The molecule has 8 nitrogen and oxygen atoms in total. The Bertz CT molecular complexity index is 836. The third kappa shape index (κ3) is 8.47. The number of hydroxylamine groups is 1. The third-order valence-corrected chi connectivity index (χ3v) is 11.6. The number of amides is 1. The Morgan fingerprint density at radius 3 is 2.00 bits per heavy atom. The second kappa shape index (κ2) is 15.2. The van der Waals surface area contributed by atoms with E-state index in [2.05, 4.69) is 29.5 Å². The minimum atomic E-state index is -0.867. The lowest BCUT2D eigenvalue weighted by molar-refractivity contribution is -0.257. The second-order valence-corrected chi connectivity index (χ2v) is 14.7. The number of carbonyl (C=O) groups is 2. The van der Waals surface area contributed by atoms with E-state index in [-0.39, 0.29) is 28.7 Å². The highest BCUT2D eigenvalue weighted by Gasteiger charge is 2.42. The van der Waals surface area contributed by atoms with E-state index in [9.17, 15) is 14.7 Å². The van der Waals surface area contributed by atoms with E-state index in [1.807, 2.05) is 0 Å². The largest absolute Gasteiger partial charge is 0.481 e. The van der Waals surface area contributed by atoms with Crippen LogP contribution in [0.2, 0.25) is 0 Å². The Kier molecular flexibility index (Phi) is 12.3. The molecule has 4 aliphatic rings. The van der Waals surface area contributed by atoms with Gasteiger partial charge >= 0.3 is 5.97 Å². The van der Waals surface area contributed by atoms with Crippen LogP contribution in [0.25, 0.3) is 0 Å². The first-order valence-corrected chi connectivity index (χ1v) is 16.5. The van der Waals surface area contributed by atoms with Crippen molar-refractivity contribution in [2.24, 2.45) is 47.3 Å². The number of halogens is 2. The highest BCUT2D eigenvalue weighted by molar-refractivity contribution is 6.21. The van der Waals surface area contributed by atoms with Crippen LogP contribution >= 0.6 is 23.2 Å². The molecular formula is C30H50Cl2N2O6. The number of hydrogen-bond acceptors (Lipinski definition) is 6. The third-order valence-electron chi connectivity index (χ3n) is 10.6. The van der Waals surface area contributed by atoms with Crippen molar-refractivity contribution in [3.05, 3.63) is 0 Å². The molecule has 12 unspecified atom stereocenters. The van der Waals surface area contributed by atoms with Gasteiger partial charge in [-0.15, -0.1) is 23.2 Å². The van der Waals surface area contributed by atoms with Crippen molar-refractivity contribution in [1.82, 2.24) is 10.8 Å². The van der Waals surface area contributed by atoms with Gasteiger partial charge in [0.25, 0.3) is 0 Å². The van der Waals surface area contributed by atoms with Crippen molar-refractivity contribution < 1.29 is 29.7 Å². The van der Waals surface area contributed by atoms with E-state index in [4.69, 9.17) is 33.3 Å². The average Bonchev–Trinajstić information content (AvgIpc) is 2.92. The summed E-state index contributed by atoms with van der Waals surface area (Å²) < 4.78 is 0. The lowest BCUT2D eigenvalue weighted by Crippen LogP contribution is -2.50. The van der Waals surface area contributed by atoms with E-state index >= 15 is 0 Å². The number of nitrogens with one attached hydrogen (secondary N) is 2. The Balaban J connectivity index is 1.19. The van der Waals surface area contributed by atoms with Crippen molar-refractivity contribution in [2.45, 2.75) is 114 Å². The molecule has 0 saturated heterocycles. The Morgan fingerprint density at radius 1 is 0.750 bits per heavy atom. The number of carboxylic acids is 1. The maximum absolute atomic E-state index is 13.1. The van der Waals surface area contributed by atoms with Crippen LogP contribution in [0.4, 0.5) is 0 Å². The van der Waals surface area contributed by atoms with Gasteiger partial charge in [-0.25, -0.2) is 4.89 Å². The van der Waals surface area contributed by atoms with Crippen LogP contribution in [0.3, 0.4) is 0 Å². The molecule has 10 heteroatoms. The second-order valence-electron chi connectivity index (χ2n) is 13.5. The van der Waals surface area contributed by atoms with Crippen molar-refractivity contribution in [2.75, 3.05) is 13.2 Å². The summed E-state index contributed by atoms with van der Waals surface area (Å²) in [6.07, 6.45) is 10.9. The van der Waals surface area contributed by atoms with Crippen LogP contribution in [0.15, 0.2) is 0 Å². The maximum atomic E-state index is 13.1. The average molecular weight is 606 g/mol. The zero-order valence-electron chi connectivity index (χ0n) is 24.1. The molecule has 0 heterocycles. The molecule has 230 valence electrons. The first-order chi connectivity index (χ1) is 19.2. The predicted octanol–water partition coefficient (Wildman–Crippen LogP) is 5.86. The quantitative estimate of drug-likeness (QED) is 0.140. The van der Waals surface area contributed by atoms with Gasteiger partial charge in [-0.3, -0.25) is 14.8 Å². The van der Waals surface area contributed by atoms with E-state index in [1.54, 1.807) is 0 Å². The summed E-state index contributed by atoms with van der Waals surface area (Å²) in [6.45, 7) is 5.32. The van der Waals surface area contributed by atoms with Gasteiger partial charge in [-0.2, -0.15) is 5.48 Å². The van der Waals surface area contributed by atoms with Crippen molar-refractivity contribution in [3.8, 4) is 0 Å². The molecule has 4 rings (SSSR count). The number of hydrogen-bond donors (Lipinski definition) is 4. The molecule has 0 bridgehead atoms. The van der Waals surface area contributed by atoms with Crippen molar-refractivity contribution >= 4 is 35.1 Å². The van der Waals surface area contributed by atoms with Crippen molar-refractivity contribution in [1.29, 1.82) is 0 Å². The summed E-state index contributed by atoms with van der Waals surface area (Å²) in [6, 6.07) is -0.00757. The van der Waals surface area contributed by atoms with Gasteiger partial charge < -0.3 is 15.3 Å². The molecule has 0 aromatic rings. The van der Waals surface area contributed by atoms with Gasteiger partial charge in [0.2, 0.25) is 5.91 Å². The molecular weight excluding hydrogens is 555 g/mol. The van der Waals surface area contributed by atoms with Gasteiger partial charge in [-0.05, 0) is 106 Å². The Hall–Kier alpha value is -0.640. The molecule has 0 aromatic carbocycles. The van der Waals surface area contributed by atoms with E-state index in [0.29, 0.717) is 61.6 Å². The maximum Gasteiger partial charge on any atom is 0.307 e. The molecule has 0 aromatic heterocycles. The molecule has 0 spiro atoms. The molecule has 0 aliphatic heterocycles. The molecule has 4 saturated carbocycles. The summed E-state index contributed by atoms with van der Waals surface area (Å²) in [7, 11) is 0. The molecule has 40 heavy (non-hydrogen) atoms. The standard InChI is InChI=1S/C30H50Cl2N2O6/c1-17-3-5-21(16-40-38)22(11-17)15-39-34-28-10-7-20(14-26(28)32)19-6-9-27(25(31)13-19)33-29(35)24-12-18(2)4-8-23(24)30(36)37/h17-28,34,38H,3-16H2,1-2H3,(H,33,35)(H,36,37). The predicted molar refractivity (Wildman–Crippen MR) is 155 cm³/mol. The van der Waals surface area contributed by atoms with Crippen LogP contribution in [0.5, 0.6) is 0 Å². The first-order valence-electron chi connectivity index (χ1n) is 15.6. The smallest absolute Gasteiger partial charge is 0.307 e. The summed E-state index contributed by atoms with van der Waals surface area (Å²) >= 11 is 13.7. The summed E-state index contributed by atoms with van der Waals surface area (Å²) in [5.74, 6) is 0.597. The number of carboxylic acid groups (broad SMARTS) is 1. The lowest BCUT2D eigenvalue weighted by atomic mass is 9.71. The SMILES string of the molecule is CC1CCC(COO)C(CONC2CCC(C3CCC(NC(=O)C4CC(C)CCC4C(=O)O)C(Cl)C3)CC2Cl)C1. The minimum Gasteiger partial charge on any atom is -0.481 e. The normalized spacial score (nSPS) is 42.7. The molecule has 4 N–H and O–H groups in total. The van der Waals surface area contributed by atoms with Gasteiger partial charge in [0.05, 0.1) is 35.8 Å². The van der Waals surface area contributed by atoms with Crippen LogP contribution in [-0.2, 0) is 19.3 Å². The number of rotatable bonds is 10. The summed E-state index contributed by atoms with van der Waals surface area (Å²) in [5, 5.41) is 21.5. The van der Waals surface area contributed by atoms with Crippen LogP contribution in [-0.4, -0.2) is 58.3 Å². The van der Waals surface area contributed by atoms with E-state index < -0.39 is 17.8 Å². The van der Waals surface area contributed by atoms with Crippen LogP contribution < -0.4 is 10.8 Å². The van der Waals surface area contributed by atoms with Crippen LogP contribution in [0.1, 0.15) is 90.9 Å². The van der Waals surface area contributed by atoms with E-state index in [0.717, 1.165) is 64.2 Å². The number of carbonyl (C=O) groups excluding carboxylic acids is 1. The first kappa shape index (κ1) is 32.3. The van der Waals surface area contributed by atoms with E-state index in [1.165, 1.54) is 0 Å². The Labute approximate surface area is 249 Å². The van der Waals surface area contributed by atoms with Crippen molar-refractivity contribution in [3.63, 3.8) is 0 Å². The number of alkyl halides is 2. The minimum absolute atomic E-state index is 0.0203. The fraction of sp³-hybridized carbons (Fsp3) is 0.933. The zero-order chi connectivity index (χ0) is 28.8. The molecule has 0 radical (unpaired) electrons. The fourth-order valence-electron chi connectivity index (χ4n) is 8.04. The monoisotopic (exact) mass is 604 g/mol. The van der Waals surface area contributed by atoms with Gasteiger partial charge in [-0.1, -0.05) is 20.3 Å². The van der Waals surface area contributed by atoms with Gasteiger partial charge in [0.15, 0.2) is 0 Å². The molecule has 4 fully saturated rings. The number of aliphatic carboxylic acids is 1. The summed E-state index contributed by atoms with van der Waals surface area (Å²) in [4.78, 5) is 35.3. The topological polar surface area (TPSA) is 117 Å².